The first kappa shape index (κ1) is 22.5. The van der Waals surface area contributed by atoms with E-state index in [1.165, 1.54) is 6.20 Å². The number of carbonyl (C=O) groups is 1. The number of rotatable bonds is 1. The minimum absolute atomic E-state index is 0.359. The fraction of sp³-hybridized carbons (Fsp3) is 0.600. The summed E-state index contributed by atoms with van der Waals surface area (Å²) in [6, 6.07) is 0. The predicted octanol–water partition coefficient (Wildman–Crippen LogP) is 6.21. The lowest BCUT2D eigenvalue weighted by Crippen LogP contribution is -2.27. The van der Waals surface area contributed by atoms with Crippen LogP contribution in [0, 0.1) is 6.92 Å². The van der Waals surface area contributed by atoms with Crippen LogP contribution in [0.5, 0.6) is 0 Å². The second kappa shape index (κ2) is 10.9. The van der Waals surface area contributed by atoms with Gasteiger partial charge in [-0.2, -0.15) is 0 Å². The molecule has 1 aromatic rings. The molecule has 1 amide bonds. The van der Waals surface area contributed by atoms with Crippen LogP contribution in [0.2, 0.25) is 5.15 Å². The minimum Gasteiger partial charge on any atom is -0.444 e. The maximum absolute atomic E-state index is 11.6. The molecule has 0 fully saturated rings. The molecule has 0 unspecified atom stereocenters. The molecule has 1 N–H and O–H groups in total. The Balaban J connectivity index is 0. The number of anilines is 1. The van der Waals surface area contributed by atoms with Gasteiger partial charge in [-0.15, -0.1) is 0 Å². The number of hydrogen-bond donors (Lipinski definition) is 1. The van der Waals surface area contributed by atoms with Gasteiger partial charge in [0.2, 0.25) is 0 Å². The van der Waals surface area contributed by atoms with Gasteiger partial charge >= 0.3 is 6.09 Å². The summed E-state index contributed by atoms with van der Waals surface area (Å²) in [5.41, 5.74) is 0.834. The van der Waals surface area contributed by atoms with Gasteiger partial charge in [-0.3, -0.25) is 5.32 Å². The molecule has 0 saturated carbocycles. The summed E-state index contributed by atoms with van der Waals surface area (Å²) in [5, 5.41) is 2.98. The monoisotopic (exact) mass is 380 g/mol. The van der Waals surface area contributed by atoms with Crippen LogP contribution >= 0.6 is 27.5 Å². The van der Waals surface area contributed by atoms with Gasteiger partial charge in [0, 0.05) is 0 Å². The summed E-state index contributed by atoms with van der Waals surface area (Å²) in [5.74, 6) is 0. The molecule has 0 atom stereocenters. The Morgan fingerprint density at radius 2 is 1.76 bits per heavy atom. The van der Waals surface area contributed by atoms with Crippen LogP contribution < -0.4 is 5.32 Å². The Morgan fingerprint density at radius 3 is 2.19 bits per heavy atom. The lowest BCUT2D eigenvalue weighted by Gasteiger charge is -2.20. The molecule has 1 heterocycles. The van der Waals surface area contributed by atoms with Crippen LogP contribution in [-0.4, -0.2) is 16.7 Å². The Hall–Kier alpha value is -0.810. The first-order valence-electron chi connectivity index (χ1n) is 7.01. The number of hydrogen-bond acceptors (Lipinski definition) is 3. The van der Waals surface area contributed by atoms with Crippen molar-refractivity contribution in [1.29, 1.82) is 0 Å². The van der Waals surface area contributed by atoms with Gasteiger partial charge in [-0.05, 0) is 49.2 Å². The molecule has 122 valence electrons. The molecule has 0 saturated heterocycles. The van der Waals surface area contributed by atoms with Gasteiger partial charge in [0.15, 0.2) is 0 Å². The average molecular weight is 382 g/mol. The third-order valence-electron chi connectivity index (χ3n) is 1.86. The van der Waals surface area contributed by atoms with Crippen molar-refractivity contribution in [3.05, 3.63) is 21.4 Å². The molecule has 4 nitrogen and oxygen atoms in total. The van der Waals surface area contributed by atoms with Crippen molar-refractivity contribution >= 4 is 39.3 Å². The lowest BCUT2D eigenvalue weighted by molar-refractivity contribution is 0.0635. The zero-order valence-electron chi connectivity index (χ0n) is 14.1. The fourth-order valence-corrected chi connectivity index (χ4v) is 1.59. The molecule has 6 heteroatoms. The van der Waals surface area contributed by atoms with Gasteiger partial charge in [-0.25, -0.2) is 9.78 Å². The molecule has 0 aromatic carbocycles. The quantitative estimate of drug-likeness (QED) is 0.589. The molecule has 1 aromatic heterocycles. The Bertz CT molecular complexity index is 446. The molecule has 0 bridgehead atoms. The number of halogens is 2. The number of carbonyl (C=O) groups excluding carboxylic acids is 1. The largest absolute Gasteiger partial charge is 0.444 e. The van der Waals surface area contributed by atoms with Crippen molar-refractivity contribution in [3.63, 3.8) is 0 Å². The van der Waals surface area contributed by atoms with E-state index in [-0.39, 0.29) is 0 Å². The summed E-state index contributed by atoms with van der Waals surface area (Å²) < 4.78 is 5.80. The Morgan fingerprint density at radius 1 is 1.29 bits per heavy atom. The van der Waals surface area contributed by atoms with E-state index < -0.39 is 11.7 Å². The van der Waals surface area contributed by atoms with Gasteiger partial charge < -0.3 is 4.74 Å². The third kappa shape index (κ3) is 8.94. The summed E-state index contributed by atoms with van der Waals surface area (Å²) >= 11 is 9.12. The molecule has 1 rings (SSSR count). The summed E-state index contributed by atoms with van der Waals surface area (Å²) in [6.07, 6.45) is 0.975. The Kier molecular flexibility index (Phi) is 11.6. The summed E-state index contributed by atoms with van der Waals surface area (Å²) in [7, 11) is 0. The van der Waals surface area contributed by atoms with Gasteiger partial charge in [-0.1, -0.05) is 39.3 Å². The van der Waals surface area contributed by atoms with Crippen LogP contribution in [0.4, 0.5) is 10.5 Å². The summed E-state index contributed by atoms with van der Waals surface area (Å²) in [6.45, 7) is 15.2. The van der Waals surface area contributed by atoms with Crippen LogP contribution in [0.3, 0.4) is 0 Å². The van der Waals surface area contributed by atoms with Gasteiger partial charge in [0.1, 0.15) is 10.8 Å². The zero-order valence-corrected chi connectivity index (χ0v) is 16.4. The van der Waals surface area contributed by atoms with Crippen molar-refractivity contribution in [3.8, 4) is 0 Å². The fourth-order valence-electron chi connectivity index (χ4n) is 1.09. The van der Waals surface area contributed by atoms with E-state index in [0.29, 0.717) is 15.3 Å². The Labute approximate surface area is 141 Å². The van der Waals surface area contributed by atoms with E-state index >= 15 is 0 Å². The molecule has 0 aliphatic rings. The average Bonchev–Trinajstić information content (AvgIpc) is 2.42. The van der Waals surface area contributed by atoms with E-state index in [9.17, 15) is 4.79 Å². The molecule has 0 aliphatic heterocycles. The van der Waals surface area contributed by atoms with Crippen LogP contribution in [0.15, 0.2) is 10.7 Å². The first-order chi connectivity index (χ1) is 9.70. The van der Waals surface area contributed by atoms with Crippen molar-refractivity contribution in [2.24, 2.45) is 0 Å². The van der Waals surface area contributed by atoms with Crippen LogP contribution in [-0.2, 0) is 4.74 Å². The lowest BCUT2D eigenvalue weighted by atomic mass is 10.2. The number of pyridine rings is 1. The standard InChI is InChI=1S/C11H14BrClN2O2.2C2H6/c1-6-7(5-14-9(13)8(6)12)15-10(16)17-11(2,3)4;2*1-2/h5H,1-4H3,(H,15,16);2*1-2H3. The highest BCUT2D eigenvalue weighted by Gasteiger charge is 2.17. The van der Waals surface area contributed by atoms with E-state index in [4.69, 9.17) is 16.3 Å². The molecule has 0 radical (unpaired) electrons. The van der Waals surface area contributed by atoms with Crippen molar-refractivity contribution in [2.45, 2.75) is 61.0 Å². The molecular weight excluding hydrogens is 356 g/mol. The number of nitrogens with one attached hydrogen (secondary N) is 1. The van der Waals surface area contributed by atoms with Gasteiger partial charge in [0.05, 0.1) is 16.4 Å². The topological polar surface area (TPSA) is 51.2 Å². The van der Waals surface area contributed by atoms with Crippen LogP contribution in [0.1, 0.15) is 54.0 Å². The van der Waals surface area contributed by atoms with E-state index in [2.05, 4.69) is 26.2 Å². The van der Waals surface area contributed by atoms with Crippen molar-refractivity contribution < 1.29 is 9.53 Å². The SMILES string of the molecule is CC.CC.Cc1c(NC(=O)OC(C)(C)C)cnc(Cl)c1Br. The minimum atomic E-state index is -0.533. The summed E-state index contributed by atoms with van der Waals surface area (Å²) in [4.78, 5) is 15.5. The van der Waals surface area contributed by atoms with Gasteiger partial charge in [0.25, 0.3) is 0 Å². The normalized spacial score (nSPS) is 9.62. The number of nitrogens with zero attached hydrogens (tertiary/aromatic N) is 1. The van der Waals surface area contributed by atoms with E-state index in [1.807, 2.05) is 34.6 Å². The maximum Gasteiger partial charge on any atom is 0.412 e. The van der Waals surface area contributed by atoms with Crippen molar-refractivity contribution in [1.82, 2.24) is 4.98 Å². The second-order valence-electron chi connectivity index (χ2n) is 4.53. The van der Waals surface area contributed by atoms with Crippen LogP contribution in [0.25, 0.3) is 0 Å². The van der Waals surface area contributed by atoms with E-state index in [0.717, 1.165) is 5.56 Å². The number of aromatic nitrogens is 1. The smallest absolute Gasteiger partial charge is 0.412 e. The molecule has 21 heavy (non-hydrogen) atoms. The first-order valence-corrected chi connectivity index (χ1v) is 8.18. The van der Waals surface area contributed by atoms with E-state index in [1.54, 1.807) is 20.8 Å². The second-order valence-corrected chi connectivity index (χ2v) is 5.68. The molecule has 0 aliphatic carbocycles. The third-order valence-corrected chi connectivity index (χ3v) is 3.34. The molecule has 0 spiro atoms. The predicted molar refractivity (Wildman–Crippen MR) is 94.2 cm³/mol. The highest BCUT2D eigenvalue weighted by molar-refractivity contribution is 9.10. The maximum atomic E-state index is 11.6. The highest BCUT2D eigenvalue weighted by Crippen LogP contribution is 2.29. The number of amides is 1. The highest BCUT2D eigenvalue weighted by atomic mass is 79.9. The van der Waals surface area contributed by atoms with Crippen molar-refractivity contribution in [2.75, 3.05) is 5.32 Å². The molecular formula is C15H26BrClN2O2. The zero-order chi connectivity index (χ0) is 17.2. The number of ether oxygens (including phenoxy) is 1.